The van der Waals surface area contributed by atoms with Gasteiger partial charge in [0, 0.05) is 43.3 Å². The van der Waals surface area contributed by atoms with Crippen molar-refractivity contribution in [2.24, 2.45) is 5.92 Å². The van der Waals surface area contributed by atoms with Crippen LogP contribution in [0.5, 0.6) is 0 Å². The summed E-state index contributed by atoms with van der Waals surface area (Å²) in [6, 6.07) is 11.0. The van der Waals surface area contributed by atoms with Gasteiger partial charge in [-0.05, 0) is 55.3 Å². The number of aliphatic hydroxyl groups is 1. The lowest BCUT2D eigenvalue weighted by Crippen LogP contribution is -2.47. The van der Waals surface area contributed by atoms with E-state index in [9.17, 15) is 21.9 Å². The van der Waals surface area contributed by atoms with Crippen LogP contribution in [-0.2, 0) is 24.8 Å². The highest BCUT2D eigenvalue weighted by molar-refractivity contribution is 7.89. The summed E-state index contributed by atoms with van der Waals surface area (Å²) < 4.78 is 60.4. The van der Waals surface area contributed by atoms with Gasteiger partial charge in [0.25, 0.3) is 0 Å². The molecule has 1 N–H and O–H groups in total. The zero-order chi connectivity index (χ0) is 25.7. The zero-order valence-corrected chi connectivity index (χ0v) is 22.6. The lowest BCUT2D eigenvalue weighted by Gasteiger charge is -2.33. The predicted molar refractivity (Wildman–Crippen MR) is 133 cm³/mol. The minimum atomic E-state index is -3.96. The van der Waals surface area contributed by atoms with Crippen LogP contribution in [0.25, 0.3) is 0 Å². The number of halogens is 2. The van der Waals surface area contributed by atoms with Gasteiger partial charge in [-0.25, -0.2) is 16.8 Å². The quantitative estimate of drug-likeness (QED) is 0.433. The second kappa shape index (κ2) is 12.1. The van der Waals surface area contributed by atoms with Gasteiger partial charge in [-0.3, -0.25) is 0 Å². The predicted octanol–water partition coefficient (Wildman–Crippen LogP) is 3.34. The molecule has 0 heterocycles. The summed E-state index contributed by atoms with van der Waals surface area (Å²) in [7, 11) is -4.94. The maximum atomic E-state index is 13.3. The number of benzene rings is 2. The van der Waals surface area contributed by atoms with E-state index in [0.717, 1.165) is 4.31 Å². The second-order valence-electron chi connectivity index (χ2n) is 8.05. The molecule has 34 heavy (non-hydrogen) atoms. The van der Waals surface area contributed by atoms with Gasteiger partial charge in [0.05, 0.1) is 22.5 Å². The van der Waals surface area contributed by atoms with Crippen molar-refractivity contribution in [1.82, 2.24) is 8.61 Å². The van der Waals surface area contributed by atoms with E-state index in [-0.39, 0.29) is 29.5 Å². The van der Waals surface area contributed by atoms with Gasteiger partial charge >= 0.3 is 0 Å². The molecule has 3 atom stereocenters. The highest BCUT2D eigenvalue weighted by Gasteiger charge is 2.34. The Morgan fingerprint density at radius 3 is 2.06 bits per heavy atom. The average Bonchev–Trinajstić information content (AvgIpc) is 2.80. The molecular formula is C22H30Cl2N2O6S2. The van der Waals surface area contributed by atoms with Crippen molar-refractivity contribution < 1.29 is 26.7 Å². The molecule has 0 bridgehead atoms. The monoisotopic (exact) mass is 552 g/mol. The van der Waals surface area contributed by atoms with Crippen LogP contribution < -0.4 is 0 Å². The smallest absolute Gasteiger partial charge is 0.243 e. The first-order valence-corrected chi connectivity index (χ1v) is 14.1. The fraction of sp³-hybridized carbons (Fsp3) is 0.455. The number of hydrogen-bond donors (Lipinski definition) is 1. The van der Waals surface area contributed by atoms with Crippen molar-refractivity contribution in [3.63, 3.8) is 0 Å². The maximum Gasteiger partial charge on any atom is 0.243 e. The van der Waals surface area contributed by atoms with Crippen LogP contribution in [0.1, 0.15) is 13.8 Å². The van der Waals surface area contributed by atoms with Gasteiger partial charge in [0.15, 0.2) is 0 Å². The van der Waals surface area contributed by atoms with E-state index < -0.39 is 38.1 Å². The Hall–Kier alpha value is -1.24. The van der Waals surface area contributed by atoms with Gasteiger partial charge in [-0.2, -0.15) is 8.61 Å². The van der Waals surface area contributed by atoms with E-state index in [2.05, 4.69) is 0 Å². The standard InChI is InChI=1S/C22H30Cl2N2O6S2/c1-16(13-26(17(2)15-27)34(30,31)20-10-8-18(23)9-11-20)22(32-4)14-25(3)33(28,29)21-7-5-6-19(24)12-21/h5-12,16-17,22,27H,13-15H2,1-4H3/t16-,17-,22-/m1/s1. The fourth-order valence-electron chi connectivity index (χ4n) is 3.40. The number of rotatable bonds is 12. The summed E-state index contributed by atoms with van der Waals surface area (Å²) in [5.74, 6) is -0.418. The number of ether oxygens (including phenoxy) is 1. The molecule has 0 unspecified atom stereocenters. The van der Waals surface area contributed by atoms with Crippen molar-refractivity contribution in [3.05, 3.63) is 58.6 Å². The molecule has 2 aromatic rings. The maximum absolute atomic E-state index is 13.3. The Labute approximate surface area is 212 Å². The molecule has 12 heteroatoms. The van der Waals surface area contributed by atoms with Crippen LogP contribution in [0.15, 0.2) is 58.3 Å². The van der Waals surface area contributed by atoms with Crippen LogP contribution in [-0.4, -0.2) is 76.6 Å². The Morgan fingerprint density at radius 2 is 1.53 bits per heavy atom. The molecule has 0 saturated carbocycles. The lowest BCUT2D eigenvalue weighted by molar-refractivity contribution is 0.0360. The molecule has 0 aliphatic heterocycles. The Balaban J connectivity index is 2.26. The number of methoxy groups -OCH3 is 1. The zero-order valence-electron chi connectivity index (χ0n) is 19.4. The van der Waals surface area contributed by atoms with Crippen molar-refractivity contribution >= 4 is 43.2 Å². The third-order valence-corrected chi connectivity index (χ3v) is 9.82. The van der Waals surface area contributed by atoms with Crippen molar-refractivity contribution in [2.45, 2.75) is 35.8 Å². The van der Waals surface area contributed by atoms with Gasteiger partial charge in [-0.1, -0.05) is 36.2 Å². The summed E-state index contributed by atoms with van der Waals surface area (Å²) in [5, 5.41) is 10.4. The van der Waals surface area contributed by atoms with Gasteiger partial charge in [0.1, 0.15) is 0 Å². The molecule has 0 aliphatic carbocycles. The normalized spacial score (nSPS) is 15.4. The first kappa shape index (κ1) is 29.0. The van der Waals surface area contributed by atoms with Crippen LogP contribution in [0.3, 0.4) is 0 Å². The van der Waals surface area contributed by atoms with Crippen molar-refractivity contribution in [1.29, 1.82) is 0 Å². The molecular weight excluding hydrogens is 523 g/mol. The van der Waals surface area contributed by atoms with Gasteiger partial charge < -0.3 is 9.84 Å². The third kappa shape index (κ3) is 6.92. The summed E-state index contributed by atoms with van der Waals surface area (Å²) in [4.78, 5) is 0.0878. The lowest BCUT2D eigenvalue weighted by atomic mass is 10.0. The molecule has 0 spiro atoms. The Morgan fingerprint density at radius 1 is 0.912 bits per heavy atom. The van der Waals surface area contributed by atoms with E-state index in [1.807, 2.05) is 0 Å². The summed E-state index contributed by atoms with van der Waals surface area (Å²) >= 11 is 11.8. The Kier molecular flexibility index (Phi) is 10.3. The molecule has 8 nitrogen and oxygen atoms in total. The molecule has 0 fully saturated rings. The van der Waals surface area contributed by atoms with E-state index in [1.165, 1.54) is 54.9 Å². The minimum Gasteiger partial charge on any atom is -0.395 e. The van der Waals surface area contributed by atoms with Crippen molar-refractivity contribution in [2.75, 3.05) is 33.9 Å². The molecule has 190 valence electrons. The third-order valence-electron chi connectivity index (χ3n) is 5.52. The number of aliphatic hydroxyl groups excluding tert-OH is 1. The van der Waals surface area contributed by atoms with Gasteiger partial charge in [-0.15, -0.1) is 0 Å². The number of hydrogen-bond acceptors (Lipinski definition) is 6. The number of nitrogens with zero attached hydrogens (tertiary/aromatic N) is 2. The van der Waals surface area contributed by atoms with Crippen LogP contribution in [0.2, 0.25) is 10.0 Å². The summed E-state index contributed by atoms with van der Waals surface area (Å²) in [6.45, 7) is 2.95. The highest BCUT2D eigenvalue weighted by Crippen LogP contribution is 2.24. The molecule has 2 aromatic carbocycles. The first-order chi connectivity index (χ1) is 15.8. The Bertz CT molecular complexity index is 1160. The van der Waals surface area contributed by atoms with E-state index in [1.54, 1.807) is 26.0 Å². The summed E-state index contributed by atoms with van der Waals surface area (Å²) in [5.41, 5.74) is 0. The molecule has 0 radical (unpaired) electrons. The van der Waals surface area contributed by atoms with Crippen LogP contribution in [0, 0.1) is 5.92 Å². The minimum absolute atomic E-state index is 0.00372. The number of likely N-dealkylation sites (N-methyl/N-ethyl adjacent to an activating group) is 1. The average molecular weight is 554 g/mol. The highest BCUT2D eigenvalue weighted by atomic mass is 35.5. The van der Waals surface area contributed by atoms with E-state index in [0.29, 0.717) is 10.0 Å². The molecule has 0 aliphatic rings. The molecule has 0 saturated heterocycles. The van der Waals surface area contributed by atoms with Crippen LogP contribution in [0.4, 0.5) is 0 Å². The van der Waals surface area contributed by atoms with E-state index >= 15 is 0 Å². The van der Waals surface area contributed by atoms with Gasteiger partial charge in [0.2, 0.25) is 20.0 Å². The largest absolute Gasteiger partial charge is 0.395 e. The van der Waals surface area contributed by atoms with Crippen molar-refractivity contribution in [3.8, 4) is 0 Å². The van der Waals surface area contributed by atoms with Crippen LogP contribution >= 0.6 is 23.2 Å². The second-order valence-corrected chi connectivity index (χ2v) is 12.9. The molecule has 2 rings (SSSR count). The molecule has 0 aromatic heterocycles. The van der Waals surface area contributed by atoms with E-state index in [4.69, 9.17) is 27.9 Å². The SMILES string of the molecule is CO[C@H](CN(C)S(=O)(=O)c1cccc(Cl)c1)[C@H](C)CN([C@H](C)CO)S(=O)(=O)c1ccc(Cl)cc1. The number of sulfonamides is 2. The fourth-order valence-corrected chi connectivity index (χ4v) is 6.73. The summed E-state index contributed by atoms with van der Waals surface area (Å²) in [6.07, 6.45) is -0.632. The topological polar surface area (TPSA) is 104 Å². The first-order valence-electron chi connectivity index (χ1n) is 10.5. The molecule has 0 amide bonds.